The van der Waals surface area contributed by atoms with Gasteiger partial charge in [-0.2, -0.15) is 0 Å². The lowest BCUT2D eigenvalue weighted by atomic mass is 9.94. The highest BCUT2D eigenvalue weighted by Gasteiger charge is 2.22. The van der Waals surface area contributed by atoms with Crippen molar-refractivity contribution in [3.63, 3.8) is 0 Å². The summed E-state index contributed by atoms with van der Waals surface area (Å²) in [5.41, 5.74) is 2.44. The van der Waals surface area contributed by atoms with Gasteiger partial charge in [0.1, 0.15) is 0 Å². The molecule has 2 amide bonds. The number of carbonyl (C=O) groups excluding carboxylic acids is 2. The summed E-state index contributed by atoms with van der Waals surface area (Å²) in [5, 5.41) is 5.65. The summed E-state index contributed by atoms with van der Waals surface area (Å²) < 4.78 is 5.31. The van der Waals surface area contributed by atoms with Crippen LogP contribution in [0.3, 0.4) is 0 Å². The number of rotatable bonds is 6. The number of piperidine rings is 1. The maximum absolute atomic E-state index is 12.3. The lowest BCUT2D eigenvalue weighted by molar-refractivity contribution is 0.0383. The zero-order chi connectivity index (χ0) is 29.5. The highest BCUT2D eigenvalue weighted by molar-refractivity contribution is 6.30. The predicted octanol–water partition coefficient (Wildman–Crippen LogP) is 4.90. The zero-order valence-corrected chi connectivity index (χ0v) is 25.9. The Kier molecular flexibility index (Phi) is 15.0. The third kappa shape index (κ3) is 10.4. The van der Waals surface area contributed by atoms with Gasteiger partial charge in [0.15, 0.2) is 0 Å². The van der Waals surface area contributed by atoms with Crippen molar-refractivity contribution in [3.8, 4) is 0 Å². The van der Waals surface area contributed by atoms with Crippen LogP contribution < -0.4 is 15.8 Å². The van der Waals surface area contributed by atoms with Crippen LogP contribution >= 0.6 is 11.6 Å². The van der Waals surface area contributed by atoms with E-state index in [1.165, 1.54) is 6.42 Å². The summed E-state index contributed by atoms with van der Waals surface area (Å²) in [6, 6.07) is 11.0. The summed E-state index contributed by atoms with van der Waals surface area (Å²) in [7, 11) is 0. The Morgan fingerprint density at radius 2 is 1.70 bits per heavy atom. The molecule has 0 unspecified atom stereocenters. The minimum Gasteiger partial charge on any atom is -0.379 e. The van der Waals surface area contributed by atoms with Crippen molar-refractivity contribution < 1.29 is 14.3 Å². The predicted molar refractivity (Wildman–Crippen MR) is 167 cm³/mol. The van der Waals surface area contributed by atoms with E-state index in [2.05, 4.69) is 23.7 Å². The molecule has 0 aromatic heterocycles. The number of carbonyl (C=O) groups is 2. The third-order valence-corrected chi connectivity index (χ3v) is 7.68. The van der Waals surface area contributed by atoms with Crippen molar-refractivity contribution in [1.82, 2.24) is 15.1 Å². The molecule has 2 aliphatic heterocycles. The molecule has 0 aliphatic carbocycles. The molecule has 0 radical (unpaired) electrons. The van der Waals surface area contributed by atoms with Gasteiger partial charge in [-0.05, 0) is 78.9 Å². The van der Waals surface area contributed by atoms with Crippen LogP contribution in [0.15, 0.2) is 36.4 Å². The molecule has 0 bridgehead atoms. The molecule has 2 aliphatic rings. The molecule has 2 saturated heterocycles. The maximum Gasteiger partial charge on any atom is 0.253 e. The van der Waals surface area contributed by atoms with Crippen LogP contribution in [0.2, 0.25) is 5.02 Å². The molecule has 2 aromatic carbocycles. The number of amides is 2. The minimum atomic E-state index is -0.0103. The first-order chi connectivity index (χ1) is 19.3. The smallest absolute Gasteiger partial charge is 0.253 e. The van der Waals surface area contributed by atoms with Gasteiger partial charge in [0.05, 0.1) is 13.2 Å². The van der Waals surface area contributed by atoms with E-state index in [0.29, 0.717) is 11.6 Å². The molecule has 2 aromatic rings. The Labute approximate surface area is 246 Å². The van der Waals surface area contributed by atoms with Crippen LogP contribution in [0.25, 0.3) is 12.7 Å². The van der Waals surface area contributed by atoms with Crippen LogP contribution in [0.4, 0.5) is 0 Å². The number of benzene rings is 2. The van der Waals surface area contributed by atoms with Gasteiger partial charge in [-0.1, -0.05) is 57.5 Å². The Hall–Kier alpha value is -2.67. The van der Waals surface area contributed by atoms with Gasteiger partial charge in [-0.15, -0.1) is 0 Å². The average Bonchev–Trinajstić information content (AvgIpc) is 2.99. The average molecular weight is 570 g/mol. The zero-order valence-electron chi connectivity index (χ0n) is 25.1. The molecule has 7 heteroatoms. The second kappa shape index (κ2) is 17.9. The Morgan fingerprint density at radius 1 is 1.07 bits per heavy atom. The fourth-order valence-electron chi connectivity index (χ4n) is 4.86. The molecule has 2 fully saturated rings. The van der Waals surface area contributed by atoms with Crippen molar-refractivity contribution in [2.24, 2.45) is 5.92 Å². The van der Waals surface area contributed by atoms with Gasteiger partial charge in [-0.3, -0.25) is 14.5 Å². The summed E-state index contributed by atoms with van der Waals surface area (Å²) >= 11 is 5.82. The molecule has 6 nitrogen and oxygen atoms in total. The molecule has 0 saturated carbocycles. The quantitative estimate of drug-likeness (QED) is 0.538. The highest BCUT2D eigenvalue weighted by atomic mass is 35.5. The van der Waals surface area contributed by atoms with Gasteiger partial charge in [-0.25, -0.2) is 0 Å². The molecule has 2 heterocycles. The molecule has 0 spiro atoms. The van der Waals surface area contributed by atoms with Crippen molar-refractivity contribution in [1.29, 1.82) is 0 Å². The highest BCUT2D eigenvalue weighted by Crippen LogP contribution is 2.21. The van der Waals surface area contributed by atoms with E-state index in [9.17, 15) is 9.59 Å². The minimum absolute atomic E-state index is 0.0103. The first-order valence-electron chi connectivity index (χ1n) is 14.7. The van der Waals surface area contributed by atoms with Crippen LogP contribution in [0.5, 0.6) is 0 Å². The molecule has 1 N–H and O–H groups in total. The van der Waals surface area contributed by atoms with Crippen molar-refractivity contribution in [2.45, 2.75) is 53.9 Å². The fraction of sp³-hybridized carbons (Fsp3) is 0.515. The second-order valence-electron chi connectivity index (χ2n) is 10.0. The summed E-state index contributed by atoms with van der Waals surface area (Å²) in [4.78, 5) is 28.7. The van der Waals surface area contributed by atoms with E-state index >= 15 is 0 Å². The van der Waals surface area contributed by atoms with E-state index in [0.717, 1.165) is 91.8 Å². The van der Waals surface area contributed by atoms with Crippen LogP contribution in [-0.2, 0) is 4.74 Å². The largest absolute Gasteiger partial charge is 0.379 e. The van der Waals surface area contributed by atoms with Crippen LogP contribution in [0.1, 0.15) is 73.2 Å². The van der Waals surface area contributed by atoms with E-state index in [4.69, 9.17) is 16.3 Å². The van der Waals surface area contributed by atoms with Gasteiger partial charge in [0.2, 0.25) is 0 Å². The van der Waals surface area contributed by atoms with Gasteiger partial charge < -0.3 is 15.0 Å². The summed E-state index contributed by atoms with van der Waals surface area (Å²) in [6.45, 7) is 20.9. The van der Waals surface area contributed by atoms with Crippen molar-refractivity contribution in [3.05, 3.63) is 68.5 Å². The third-order valence-electron chi connectivity index (χ3n) is 7.43. The standard InChI is InChI=1S/C17H24N2O2.C14H18ClNO.C2H6/c1-4-15-12-16(14(3)11-13(15)2)17(20)18-5-6-19-7-9-21-10-8-19;1-2-11-7-9-16(10-8-11)14(17)12-3-5-13(15)6-4-12;1-2/h4,11-12H,2,5-10H2,1,3H3,(H,18,20);3-6,11H,2,7-10H2,1H3;1-2H3/b15-4-;;. The number of ether oxygens (including phenoxy) is 1. The Bertz CT molecular complexity index is 1170. The number of halogens is 1. The van der Waals surface area contributed by atoms with Crippen LogP contribution in [-0.4, -0.2) is 74.1 Å². The first-order valence-corrected chi connectivity index (χ1v) is 15.1. The summed E-state index contributed by atoms with van der Waals surface area (Å²) in [6.07, 6.45) is 5.47. The maximum atomic E-state index is 12.3. The number of nitrogens with zero attached hydrogens (tertiary/aromatic N) is 2. The van der Waals surface area contributed by atoms with Crippen molar-refractivity contribution >= 4 is 36.1 Å². The van der Waals surface area contributed by atoms with E-state index in [-0.39, 0.29) is 11.8 Å². The molecular formula is C33H48ClN3O3. The molecular weight excluding hydrogens is 522 g/mol. The van der Waals surface area contributed by atoms with E-state index < -0.39 is 0 Å². The Morgan fingerprint density at radius 3 is 2.27 bits per heavy atom. The van der Waals surface area contributed by atoms with Gasteiger partial charge in [0, 0.05) is 55.4 Å². The molecule has 220 valence electrons. The van der Waals surface area contributed by atoms with Crippen molar-refractivity contribution in [2.75, 3.05) is 52.5 Å². The number of nitrogens with one attached hydrogen (secondary N) is 1. The molecule has 0 atom stereocenters. The lowest BCUT2D eigenvalue weighted by Crippen LogP contribution is -2.41. The normalized spacial score (nSPS) is 16.4. The van der Waals surface area contributed by atoms with Crippen LogP contribution in [0, 0.1) is 12.8 Å². The van der Waals surface area contributed by atoms with Gasteiger partial charge >= 0.3 is 0 Å². The summed E-state index contributed by atoms with van der Waals surface area (Å²) in [5.74, 6) is 0.921. The molecule has 40 heavy (non-hydrogen) atoms. The number of likely N-dealkylation sites (tertiary alicyclic amines) is 1. The first kappa shape index (κ1) is 33.5. The lowest BCUT2D eigenvalue weighted by Gasteiger charge is -2.31. The number of aryl methyl sites for hydroxylation is 1. The van der Waals surface area contributed by atoms with E-state index in [1.807, 2.05) is 50.8 Å². The topological polar surface area (TPSA) is 61.9 Å². The Balaban J connectivity index is 0.000000269. The number of morpholine rings is 1. The van der Waals surface area contributed by atoms with E-state index in [1.54, 1.807) is 24.3 Å². The number of hydrogen-bond donors (Lipinski definition) is 1. The fourth-order valence-corrected chi connectivity index (χ4v) is 4.99. The van der Waals surface area contributed by atoms with Gasteiger partial charge in [0.25, 0.3) is 11.8 Å². The molecule has 4 rings (SSSR count). The number of hydrogen-bond acceptors (Lipinski definition) is 4. The monoisotopic (exact) mass is 569 g/mol. The second-order valence-corrected chi connectivity index (χ2v) is 10.5. The SMILES string of the molecule is C=c1cc(C)c(C(=O)NCCN2CCOCC2)c/c1=C/C.CC.CCC1CCN(C(=O)c2ccc(Cl)cc2)CC1.